The van der Waals surface area contributed by atoms with E-state index in [4.69, 9.17) is 0 Å². The lowest BCUT2D eigenvalue weighted by Crippen LogP contribution is -2.40. The summed E-state index contributed by atoms with van der Waals surface area (Å²) in [7, 11) is 0. The molecule has 2 fully saturated rings. The third-order valence-corrected chi connectivity index (χ3v) is 3.37. The summed E-state index contributed by atoms with van der Waals surface area (Å²) < 4.78 is 0. The van der Waals surface area contributed by atoms with Crippen LogP contribution in [-0.4, -0.2) is 25.1 Å². The maximum atomic E-state index is 4.62. The SMILES string of the molecule is CCNC(=NCC1CC1)NC1CC1(C)C. The van der Waals surface area contributed by atoms with Crippen LogP contribution in [0.3, 0.4) is 0 Å². The van der Waals surface area contributed by atoms with Gasteiger partial charge in [0.1, 0.15) is 0 Å². The number of hydrogen-bond acceptors (Lipinski definition) is 1. The highest BCUT2D eigenvalue weighted by Crippen LogP contribution is 2.44. The van der Waals surface area contributed by atoms with E-state index in [1.54, 1.807) is 0 Å². The van der Waals surface area contributed by atoms with Gasteiger partial charge in [0.15, 0.2) is 5.96 Å². The average Bonchev–Trinajstić information content (AvgIpc) is 3.03. The first kappa shape index (κ1) is 10.8. The summed E-state index contributed by atoms with van der Waals surface area (Å²) in [6.07, 6.45) is 4.01. The molecule has 2 aliphatic carbocycles. The molecule has 0 saturated heterocycles. The van der Waals surface area contributed by atoms with Crippen molar-refractivity contribution in [1.29, 1.82) is 0 Å². The Morgan fingerprint density at radius 1 is 1.40 bits per heavy atom. The van der Waals surface area contributed by atoms with Crippen LogP contribution in [0.2, 0.25) is 0 Å². The maximum Gasteiger partial charge on any atom is 0.191 e. The van der Waals surface area contributed by atoms with Crippen LogP contribution >= 0.6 is 0 Å². The van der Waals surface area contributed by atoms with E-state index < -0.39 is 0 Å². The summed E-state index contributed by atoms with van der Waals surface area (Å²) in [6, 6.07) is 0.620. The summed E-state index contributed by atoms with van der Waals surface area (Å²) in [5, 5.41) is 6.82. The minimum Gasteiger partial charge on any atom is -0.357 e. The summed E-state index contributed by atoms with van der Waals surface area (Å²) >= 11 is 0. The van der Waals surface area contributed by atoms with Gasteiger partial charge in [0.25, 0.3) is 0 Å². The molecule has 0 aromatic carbocycles. The highest BCUT2D eigenvalue weighted by molar-refractivity contribution is 5.80. The first-order valence-electron chi connectivity index (χ1n) is 6.16. The zero-order chi connectivity index (χ0) is 10.9. The molecule has 2 saturated carbocycles. The third-order valence-electron chi connectivity index (χ3n) is 3.37. The maximum absolute atomic E-state index is 4.62. The molecule has 3 nitrogen and oxygen atoms in total. The predicted octanol–water partition coefficient (Wildman–Crippen LogP) is 1.75. The van der Waals surface area contributed by atoms with Gasteiger partial charge in [-0.3, -0.25) is 4.99 Å². The molecule has 2 aliphatic rings. The molecule has 0 aromatic heterocycles. The van der Waals surface area contributed by atoms with Crippen LogP contribution in [0.4, 0.5) is 0 Å². The molecule has 2 N–H and O–H groups in total. The fourth-order valence-electron chi connectivity index (χ4n) is 1.72. The second-order valence-electron chi connectivity index (χ2n) is 5.55. The van der Waals surface area contributed by atoms with Gasteiger partial charge in [-0.15, -0.1) is 0 Å². The van der Waals surface area contributed by atoms with E-state index in [2.05, 4.69) is 36.4 Å². The lowest BCUT2D eigenvalue weighted by Gasteiger charge is -2.12. The zero-order valence-corrected chi connectivity index (χ0v) is 10.1. The van der Waals surface area contributed by atoms with Crippen molar-refractivity contribution in [2.75, 3.05) is 13.1 Å². The molecule has 1 unspecified atom stereocenters. The summed E-state index contributed by atoms with van der Waals surface area (Å²) in [5.74, 6) is 1.88. The highest BCUT2D eigenvalue weighted by atomic mass is 15.2. The largest absolute Gasteiger partial charge is 0.357 e. The van der Waals surface area contributed by atoms with Crippen LogP contribution in [0.1, 0.15) is 40.0 Å². The van der Waals surface area contributed by atoms with Crippen molar-refractivity contribution in [3.8, 4) is 0 Å². The second-order valence-corrected chi connectivity index (χ2v) is 5.55. The van der Waals surface area contributed by atoms with Crippen molar-refractivity contribution in [2.24, 2.45) is 16.3 Å². The minimum atomic E-state index is 0.468. The fraction of sp³-hybridized carbons (Fsp3) is 0.917. The molecular weight excluding hydrogens is 186 g/mol. The van der Waals surface area contributed by atoms with Crippen molar-refractivity contribution >= 4 is 5.96 Å². The Balaban J connectivity index is 1.79. The summed E-state index contributed by atoms with van der Waals surface area (Å²) in [6.45, 7) is 8.67. The molecule has 15 heavy (non-hydrogen) atoms. The van der Waals surface area contributed by atoms with E-state index in [1.165, 1.54) is 19.3 Å². The summed E-state index contributed by atoms with van der Waals surface area (Å²) in [5.41, 5.74) is 0.468. The Labute approximate surface area is 92.7 Å². The third kappa shape index (κ3) is 3.11. The molecule has 0 aliphatic heterocycles. The molecule has 1 atom stereocenters. The smallest absolute Gasteiger partial charge is 0.191 e. The molecule has 86 valence electrons. The monoisotopic (exact) mass is 209 g/mol. The second kappa shape index (κ2) is 4.03. The average molecular weight is 209 g/mol. The fourth-order valence-corrected chi connectivity index (χ4v) is 1.72. The number of nitrogens with zero attached hydrogens (tertiary/aromatic N) is 1. The number of nitrogens with one attached hydrogen (secondary N) is 2. The Bertz CT molecular complexity index is 254. The van der Waals surface area contributed by atoms with Crippen LogP contribution in [-0.2, 0) is 0 Å². The molecule has 0 aromatic rings. The molecular formula is C12H23N3. The van der Waals surface area contributed by atoms with Gasteiger partial charge >= 0.3 is 0 Å². The van der Waals surface area contributed by atoms with Crippen molar-refractivity contribution < 1.29 is 0 Å². The van der Waals surface area contributed by atoms with Gasteiger partial charge in [0, 0.05) is 19.1 Å². The van der Waals surface area contributed by atoms with Gasteiger partial charge in [-0.05, 0) is 37.5 Å². The Hall–Kier alpha value is -0.730. The highest BCUT2D eigenvalue weighted by Gasteiger charge is 2.46. The number of hydrogen-bond donors (Lipinski definition) is 2. The Morgan fingerprint density at radius 3 is 2.53 bits per heavy atom. The van der Waals surface area contributed by atoms with Gasteiger partial charge in [-0.25, -0.2) is 0 Å². The first-order valence-corrected chi connectivity index (χ1v) is 6.16. The van der Waals surface area contributed by atoms with Gasteiger partial charge in [0.05, 0.1) is 0 Å². The number of rotatable bonds is 4. The van der Waals surface area contributed by atoms with Crippen molar-refractivity contribution in [1.82, 2.24) is 10.6 Å². The van der Waals surface area contributed by atoms with E-state index >= 15 is 0 Å². The topological polar surface area (TPSA) is 36.4 Å². The lowest BCUT2D eigenvalue weighted by atomic mass is 10.2. The molecule has 0 amide bonds. The quantitative estimate of drug-likeness (QED) is 0.546. The van der Waals surface area contributed by atoms with Crippen LogP contribution in [0.15, 0.2) is 4.99 Å². The summed E-state index contributed by atoms with van der Waals surface area (Å²) in [4.78, 5) is 4.62. The van der Waals surface area contributed by atoms with E-state index in [0.29, 0.717) is 11.5 Å². The molecule has 0 bridgehead atoms. The molecule has 0 heterocycles. The van der Waals surface area contributed by atoms with Gasteiger partial charge < -0.3 is 10.6 Å². The Morgan fingerprint density at radius 2 is 2.07 bits per heavy atom. The van der Waals surface area contributed by atoms with Crippen molar-refractivity contribution in [3.05, 3.63) is 0 Å². The molecule has 0 spiro atoms. The standard InChI is InChI=1S/C12H23N3/c1-4-13-11(14-8-9-5-6-9)15-10-7-12(10,2)3/h9-10H,4-8H2,1-3H3,(H2,13,14,15). The van der Waals surface area contributed by atoms with Crippen LogP contribution in [0, 0.1) is 11.3 Å². The molecule has 3 heteroatoms. The van der Waals surface area contributed by atoms with E-state index in [0.717, 1.165) is 25.0 Å². The lowest BCUT2D eigenvalue weighted by molar-refractivity contribution is 0.588. The van der Waals surface area contributed by atoms with E-state index in [9.17, 15) is 0 Å². The normalized spacial score (nSPS) is 28.7. The van der Waals surface area contributed by atoms with Gasteiger partial charge in [0.2, 0.25) is 0 Å². The zero-order valence-electron chi connectivity index (χ0n) is 10.1. The van der Waals surface area contributed by atoms with Gasteiger partial charge in [-0.2, -0.15) is 0 Å². The van der Waals surface area contributed by atoms with E-state index in [-0.39, 0.29) is 0 Å². The van der Waals surface area contributed by atoms with Crippen LogP contribution < -0.4 is 10.6 Å². The minimum absolute atomic E-state index is 0.468. The first-order chi connectivity index (χ1) is 7.12. The van der Waals surface area contributed by atoms with Crippen LogP contribution in [0.5, 0.6) is 0 Å². The predicted molar refractivity (Wildman–Crippen MR) is 64.0 cm³/mol. The van der Waals surface area contributed by atoms with Crippen molar-refractivity contribution in [2.45, 2.75) is 46.1 Å². The molecule has 0 radical (unpaired) electrons. The van der Waals surface area contributed by atoms with Gasteiger partial charge in [-0.1, -0.05) is 13.8 Å². The molecule has 2 rings (SSSR count). The van der Waals surface area contributed by atoms with Crippen molar-refractivity contribution in [3.63, 3.8) is 0 Å². The number of aliphatic imine (C=N–C) groups is 1. The Kier molecular flexibility index (Phi) is 2.89. The number of guanidine groups is 1. The van der Waals surface area contributed by atoms with Crippen LogP contribution in [0.25, 0.3) is 0 Å². The van der Waals surface area contributed by atoms with E-state index in [1.807, 2.05) is 0 Å².